The normalized spacial score (nSPS) is 13.5. The number of imidazole rings is 1. The largest absolute Gasteiger partial charge is 0.623 e. The molecule has 1 aliphatic rings. The lowest BCUT2D eigenvalue weighted by Crippen LogP contribution is -2.17. The molecule has 0 N–H and O–H groups in total. The number of hydrogen-bond acceptors (Lipinski definition) is 2. The number of benzene rings is 2. The van der Waals surface area contributed by atoms with E-state index in [0.29, 0.717) is 10.7 Å². The number of nitrogens with zero attached hydrogens (tertiary/aromatic N) is 3. The third-order valence-electron chi connectivity index (χ3n) is 4.05. The molecule has 2 aromatic carbocycles. The van der Waals surface area contributed by atoms with E-state index in [4.69, 9.17) is 11.6 Å². The van der Waals surface area contributed by atoms with Gasteiger partial charge in [0.15, 0.2) is 5.82 Å². The Morgan fingerprint density at radius 1 is 1.17 bits per heavy atom. The molecule has 0 amide bonds. The molecule has 0 fully saturated rings. The zero-order chi connectivity index (χ0) is 16.0. The second-order valence-electron chi connectivity index (χ2n) is 5.56. The predicted octanol–water partition coefficient (Wildman–Crippen LogP) is 3.70. The number of hydrogen-bond donors (Lipinski definition) is 0. The summed E-state index contributed by atoms with van der Waals surface area (Å²) in [5.74, 6) is 0.729. The van der Waals surface area contributed by atoms with Crippen LogP contribution in [0, 0.1) is 12.1 Å². The van der Waals surface area contributed by atoms with Crippen LogP contribution in [0.5, 0.6) is 0 Å². The minimum atomic E-state index is 0.199. The summed E-state index contributed by atoms with van der Waals surface area (Å²) in [6.07, 6.45) is 1.79. The van der Waals surface area contributed by atoms with E-state index in [9.17, 15) is 5.21 Å². The van der Waals surface area contributed by atoms with Crippen molar-refractivity contribution in [2.75, 3.05) is 0 Å². The summed E-state index contributed by atoms with van der Waals surface area (Å²) < 4.78 is 3.02. The van der Waals surface area contributed by atoms with E-state index in [0.717, 1.165) is 33.1 Å². The molecular formula is C18H14ClN3O. The Hall–Kier alpha value is -2.59. The van der Waals surface area contributed by atoms with Gasteiger partial charge in [0.05, 0.1) is 11.3 Å². The van der Waals surface area contributed by atoms with Gasteiger partial charge in [-0.1, -0.05) is 29.8 Å². The molecule has 0 spiro atoms. The molecule has 3 aromatic rings. The highest BCUT2D eigenvalue weighted by Gasteiger charge is 2.27. The van der Waals surface area contributed by atoms with Crippen molar-refractivity contribution in [1.82, 2.24) is 9.55 Å². The Morgan fingerprint density at radius 3 is 2.74 bits per heavy atom. The summed E-state index contributed by atoms with van der Waals surface area (Å²) in [6, 6.07) is 15.3. The van der Waals surface area contributed by atoms with E-state index in [-0.39, 0.29) is 6.54 Å². The second kappa shape index (κ2) is 5.25. The van der Waals surface area contributed by atoms with Crippen molar-refractivity contribution in [1.29, 1.82) is 0 Å². The average molecular weight is 324 g/mol. The van der Waals surface area contributed by atoms with Crippen molar-refractivity contribution < 1.29 is 4.74 Å². The molecule has 5 heteroatoms. The minimum absolute atomic E-state index is 0.199. The highest BCUT2D eigenvalue weighted by Crippen LogP contribution is 2.28. The third-order valence-corrected chi connectivity index (χ3v) is 4.28. The van der Waals surface area contributed by atoms with Crippen LogP contribution in [0.2, 0.25) is 5.02 Å². The molecule has 4 rings (SSSR count). The van der Waals surface area contributed by atoms with Gasteiger partial charge in [0, 0.05) is 22.5 Å². The van der Waals surface area contributed by atoms with Gasteiger partial charge in [-0.15, -0.1) is 0 Å². The van der Waals surface area contributed by atoms with Crippen LogP contribution in [-0.4, -0.2) is 20.0 Å². The summed E-state index contributed by atoms with van der Waals surface area (Å²) in [5, 5.41) is 13.4. The maximum absolute atomic E-state index is 12.8. The maximum Gasteiger partial charge on any atom is 0.228 e. The van der Waals surface area contributed by atoms with Crippen molar-refractivity contribution in [2.24, 2.45) is 0 Å². The van der Waals surface area contributed by atoms with Gasteiger partial charge < -0.3 is 5.21 Å². The zero-order valence-corrected chi connectivity index (χ0v) is 13.3. The molecule has 2 heterocycles. The second-order valence-corrected chi connectivity index (χ2v) is 6.00. The van der Waals surface area contributed by atoms with Gasteiger partial charge in [-0.2, -0.15) is 4.74 Å². The van der Waals surface area contributed by atoms with Gasteiger partial charge in [0.1, 0.15) is 0 Å². The summed E-state index contributed by atoms with van der Waals surface area (Å²) >= 11 is 6.21. The first kappa shape index (κ1) is 14.0. The van der Waals surface area contributed by atoms with Gasteiger partial charge in [-0.05, 0) is 37.3 Å². The van der Waals surface area contributed by atoms with Crippen molar-refractivity contribution in [3.8, 4) is 5.69 Å². The predicted molar refractivity (Wildman–Crippen MR) is 90.3 cm³/mol. The maximum atomic E-state index is 12.8. The number of halogens is 1. The van der Waals surface area contributed by atoms with Crippen LogP contribution in [-0.2, 0) is 6.54 Å². The Balaban J connectivity index is 2.07. The Labute approximate surface area is 138 Å². The van der Waals surface area contributed by atoms with Gasteiger partial charge >= 0.3 is 0 Å². The number of hydroxylamine groups is 1. The van der Waals surface area contributed by atoms with Crippen LogP contribution >= 0.6 is 11.6 Å². The molecule has 0 radical (unpaired) electrons. The SMILES string of the molecule is Cc1cnc2n1-c1ccc(Cl)cc1C(c1ccccc1)=[N+]([O-])C2. The van der Waals surface area contributed by atoms with Crippen molar-refractivity contribution >= 4 is 17.3 Å². The monoisotopic (exact) mass is 323 g/mol. The number of rotatable bonds is 1. The standard InChI is InChI=1S/C18H14ClN3O/c1-12-10-20-17-11-21(23)18(13-5-3-2-4-6-13)15-9-14(19)7-8-16(15)22(12)17/h2-10H,11H2,1H3. The van der Waals surface area contributed by atoms with E-state index in [1.54, 1.807) is 6.20 Å². The molecule has 23 heavy (non-hydrogen) atoms. The van der Waals surface area contributed by atoms with E-state index < -0.39 is 0 Å². The van der Waals surface area contributed by atoms with Gasteiger partial charge in [-0.25, -0.2) is 4.98 Å². The van der Waals surface area contributed by atoms with Crippen molar-refractivity contribution in [2.45, 2.75) is 13.5 Å². The van der Waals surface area contributed by atoms with Crippen molar-refractivity contribution in [3.05, 3.63) is 87.6 Å². The molecule has 1 aromatic heterocycles. The van der Waals surface area contributed by atoms with E-state index >= 15 is 0 Å². The van der Waals surface area contributed by atoms with E-state index in [2.05, 4.69) is 4.98 Å². The van der Waals surface area contributed by atoms with E-state index in [1.165, 1.54) is 0 Å². The summed E-state index contributed by atoms with van der Waals surface area (Å²) in [5.41, 5.74) is 4.23. The number of aromatic nitrogens is 2. The minimum Gasteiger partial charge on any atom is -0.623 e. The van der Waals surface area contributed by atoms with Crippen LogP contribution in [0.3, 0.4) is 0 Å². The summed E-state index contributed by atoms with van der Waals surface area (Å²) in [6.45, 7) is 2.18. The van der Waals surface area contributed by atoms with Gasteiger partial charge in [0.2, 0.25) is 12.3 Å². The molecule has 0 saturated carbocycles. The average Bonchev–Trinajstić information content (AvgIpc) is 2.84. The molecule has 0 unspecified atom stereocenters. The smallest absolute Gasteiger partial charge is 0.228 e. The highest BCUT2D eigenvalue weighted by molar-refractivity contribution is 6.31. The zero-order valence-electron chi connectivity index (χ0n) is 12.5. The first-order chi connectivity index (χ1) is 11.1. The lowest BCUT2D eigenvalue weighted by Gasteiger charge is -2.12. The summed E-state index contributed by atoms with van der Waals surface area (Å²) in [7, 11) is 0. The molecule has 4 nitrogen and oxygen atoms in total. The van der Waals surface area contributed by atoms with Crippen LogP contribution in [0.1, 0.15) is 22.6 Å². The number of fused-ring (bicyclic) bond motifs is 3. The molecule has 0 saturated heterocycles. The Kier molecular flexibility index (Phi) is 3.20. The first-order valence-electron chi connectivity index (χ1n) is 7.35. The topological polar surface area (TPSA) is 43.9 Å². The molecular weight excluding hydrogens is 310 g/mol. The number of aryl methyl sites for hydroxylation is 1. The molecule has 0 aliphatic carbocycles. The van der Waals surface area contributed by atoms with Gasteiger partial charge in [0.25, 0.3) is 0 Å². The van der Waals surface area contributed by atoms with E-state index in [1.807, 2.05) is 60.0 Å². The lowest BCUT2D eigenvalue weighted by atomic mass is 10.0. The molecule has 1 aliphatic heterocycles. The fourth-order valence-corrected chi connectivity index (χ4v) is 3.23. The fraction of sp³-hybridized carbons (Fsp3) is 0.111. The van der Waals surface area contributed by atoms with Crippen molar-refractivity contribution in [3.63, 3.8) is 0 Å². The quantitative estimate of drug-likeness (QED) is 0.506. The summed E-state index contributed by atoms with van der Waals surface area (Å²) in [4.78, 5) is 4.39. The third kappa shape index (κ3) is 2.23. The Bertz CT molecular complexity index is 929. The van der Waals surface area contributed by atoms with Crippen LogP contribution < -0.4 is 0 Å². The van der Waals surface area contributed by atoms with Crippen LogP contribution in [0.15, 0.2) is 54.7 Å². The molecule has 0 atom stereocenters. The highest BCUT2D eigenvalue weighted by atomic mass is 35.5. The fourth-order valence-electron chi connectivity index (χ4n) is 3.06. The molecule has 0 bridgehead atoms. The van der Waals surface area contributed by atoms with Gasteiger partial charge in [-0.3, -0.25) is 4.57 Å². The Morgan fingerprint density at radius 2 is 1.96 bits per heavy atom. The molecule has 114 valence electrons. The van der Waals surface area contributed by atoms with Crippen LogP contribution in [0.25, 0.3) is 5.69 Å². The van der Waals surface area contributed by atoms with Crippen LogP contribution in [0.4, 0.5) is 0 Å². The lowest BCUT2D eigenvalue weighted by molar-refractivity contribution is -0.475. The first-order valence-corrected chi connectivity index (χ1v) is 7.73.